The Kier molecular flexibility index (Phi) is 68.2. The average molecular weight is 1050 g/mol. The molecule has 0 amide bonds. The second-order valence-corrected chi connectivity index (χ2v) is 14.3. The molecule has 0 heterocycles. The quantitative estimate of drug-likeness (QED) is 0.0104. The van der Waals surface area contributed by atoms with Crippen molar-refractivity contribution < 1.29 is 90.7 Å². The van der Waals surface area contributed by atoms with Gasteiger partial charge in [0, 0.05) is 19.3 Å². The summed E-state index contributed by atoms with van der Waals surface area (Å²) in [5.74, 6) is 0.792. The first-order chi connectivity index (χ1) is 34.4. The number of para-hydroxylation sites is 4. The molecule has 0 aliphatic carbocycles. The van der Waals surface area contributed by atoms with Crippen LogP contribution in [0.4, 0.5) is 0 Å². The van der Waals surface area contributed by atoms with E-state index >= 15 is 0 Å². The van der Waals surface area contributed by atoms with Gasteiger partial charge >= 0.3 is 38.4 Å². The first-order valence-electron chi connectivity index (χ1n) is 22.2. The summed E-state index contributed by atoms with van der Waals surface area (Å²) in [5, 5.41) is 26.7. The van der Waals surface area contributed by atoms with Gasteiger partial charge in [-0.05, 0) is 93.7 Å². The summed E-state index contributed by atoms with van der Waals surface area (Å²) in [6, 6.07) is 37.1. The normalized spacial score (nSPS) is 9.64. The van der Waals surface area contributed by atoms with Crippen molar-refractivity contribution >= 4 is 50.8 Å². The summed E-state index contributed by atoms with van der Waals surface area (Å²) in [6.07, 6.45) is 18.0. The molecule has 19 heteroatoms. The van der Waals surface area contributed by atoms with Gasteiger partial charge in [0.2, 0.25) is 0 Å². The van der Waals surface area contributed by atoms with Crippen LogP contribution in [0.3, 0.4) is 0 Å². The van der Waals surface area contributed by atoms with Crippen LogP contribution in [0.2, 0.25) is 0 Å². The van der Waals surface area contributed by atoms with Crippen LogP contribution in [0.25, 0.3) is 0 Å². The fourth-order valence-corrected chi connectivity index (χ4v) is 5.18. The number of allylic oxidation sites excluding steroid dienone is 6. The van der Waals surface area contributed by atoms with Gasteiger partial charge in [0.15, 0.2) is 6.29 Å². The van der Waals surface area contributed by atoms with Crippen LogP contribution in [0.1, 0.15) is 47.5 Å². The van der Waals surface area contributed by atoms with Crippen molar-refractivity contribution in [2.24, 2.45) is 0 Å². The maximum absolute atomic E-state index is 11.4. The Hall–Kier alpha value is -6.31. The fourth-order valence-electron chi connectivity index (χ4n) is 3.81. The molecular formula is C54H74ClLiNO15P. The maximum atomic E-state index is 11.4. The van der Waals surface area contributed by atoms with Crippen molar-refractivity contribution in [2.45, 2.75) is 47.5 Å². The van der Waals surface area contributed by atoms with Gasteiger partial charge in [-0.15, -0.1) is 12.4 Å². The molecule has 0 aliphatic rings. The van der Waals surface area contributed by atoms with Crippen LogP contribution < -0.4 is 43.1 Å². The molecule has 0 spiro atoms. The Bertz CT molecular complexity index is 2010. The van der Waals surface area contributed by atoms with Gasteiger partial charge in [0.05, 0.1) is 32.0 Å². The number of aliphatic carboxylic acids is 2. The maximum Gasteiger partial charge on any atom is 1.00 e. The van der Waals surface area contributed by atoms with Crippen LogP contribution in [-0.2, 0) is 37.6 Å². The van der Waals surface area contributed by atoms with E-state index in [1.807, 2.05) is 121 Å². The number of hydrogen-bond acceptors (Lipinski definition) is 14. The number of carbonyl (C=O) groups is 5. The molecule has 0 saturated carbocycles. The van der Waals surface area contributed by atoms with E-state index in [0.29, 0.717) is 18.3 Å². The third-order valence-electron chi connectivity index (χ3n) is 6.70. The molecule has 4 aromatic carbocycles. The number of carbonyl (C=O) groups excluding carboxylic acids is 3. The Balaban J connectivity index is -0.000000182. The Morgan fingerprint density at radius 1 is 0.575 bits per heavy atom. The molecule has 16 nitrogen and oxygen atoms in total. The zero-order valence-electron chi connectivity index (χ0n) is 43.0. The Labute approximate surface area is 450 Å². The largest absolute Gasteiger partial charge is 1.00 e. The summed E-state index contributed by atoms with van der Waals surface area (Å²) in [7, 11) is -2.38. The van der Waals surface area contributed by atoms with Gasteiger partial charge in [-0.25, -0.2) is 4.79 Å². The summed E-state index contributed by atoms with van der Waals surface area (Å²) >= 11 is 0. The number of ether oxygens (including phenoxy) is 4. The fraction of sp³-hybridized carbons (Fsp3) is 0.259. The molecular weight excluding hydrogens is 976 g/mol. The van der Waals surface area contributed by atoms with E-state index in [1.165, 1.54) is 49.5 Å². The number of unbranched alkanes of at least 4 members (excludes halogenated alkanes) is 1. The Morgan fingerprint density at radius 3 is 1.22 bits per heavy atom. The van der Waals surface area contributed by atoms with E-state index < -0.39 is 25.7 Å². The van der Waals surface area contributed by atoms with Gasteiger partial charge in [-0.3, -0.25) is 23.7 Å². The van der Waals surface area contributed by atoms with Crippen LogP contribution in [0.15, 0.2) is 183 Å². The van der Waals surface area contributed by atoms with E-state index in [1.54, 1.807) is 26.0 Å². The van der Waals surface area contributed by atoms with Crippen molar-refractivity contribution in [1.82, 2.24) is 5.32 Å². The van der Waals surface area contributed by atoms with E-state index in [0.717, 1.165) is 56.2 Å². The zero-order chi connectivity index (χ0) is 53.9. The number of carboxylic acid groups (broad SMARTS) is 2. The molecule has 73 heavy (non-hydrogen) atoms. The molecule has 398 valence electrons. The van der Waals surface area contributed by atoms with Crippen molar-refractivity contribution in [3.05, 3.63) is 190 Å². The molecule has 0 saturated heterocycles. The number of aldehydes is 3. The predicted octanol–water partition coefficient (Wildman–Crippen LogP) is 8.20. The van der Waals surface area contributed by atoms with Gasteiger partial charge in [0.1, 0.15) is 48.3 Å². The van der Waals surface area contributed by atoms with Crippen LogP contribution in [0, 0.1) is 6.92 Å². The number of rotatable bonds is 23. The minimum absolute atomic E-state index is 0. The third kappa shape index (κ3) is 61.7. The van der Waals surface area contributed by atoms with Gasteiger partial charge < -0.3 is 55.6 Å². The standard InChI is InChI=1S/C11H10O3.C11H10O2.C9H8O2.C8H8O2.C6H13O5P.C4H11N.C4H9.CH4O.ClH.Li/c12-11(13)8-4-5-9-14-10-6-2-1-3-7-10;12-9-5-2-6-10-13-11-7-3-1-4-8-11;10-7-4-8-11-9-5-2-1-3-6-9;9-6-7-10-8-4-2-1-3-5-8;1-3-10-12(9,11-4-2)5-6(7)8;1-3-5-4-2;1-3-4-2;1-2;;/h1-9H,(H,12,13);1-10H;1-8H;1-6H,7H2;3-5H2,1-2H3,(H,7,8);5H,3-4H2,1-2H3;1,3-4H2,2H3;2H,1H3;1H;/q;;;;;;-1;;;+1/b8-4+,9-5+;5-2+,10-6+;8-4+;;;;;;;. The van der Waals surface area contributed by atoms with E-state index in [9.17, 15) is 28.5 Å². The zero-order valence-corrected chi connectivity index (χ0v) is 44.7. The first kappa shape index (κ1) is 78.1. The number of nitrogens with one attached hydrogen (secondary N) is 1. The molecule has 0 aliphatic heterocycles. The Morgan fingerprint density at radius 2 is 0.932 bits per heavy atom. The molecule has 4 aromatic rings. The molecule has 0 fully saturated rings. The number of halogens is 1. The van der Waals surface area contributed by atoms with Crippen LogP contribution in [-0.4, -0.2) is 92.3 Å². The van der Waals surface area contributed by atoms with Crippen molar-refractivity contribution in [2.75, 3.05) is 46.2 Å². The second kappa shape index (κ2) is 63.7. The minimum atomic E-state index is -3.38. The van der Waals surface area contributed by atoms with Gasteiger partial charge in [-0.2, -0.15) is 6.42 Å². The third-order valence-corrected chi connectivity index (χ3v) is 8.66. The second-order valence-electron chi connectivity index (χ2n) is 12.2. The van der Waals surface area contributed by atoms with Crippen LogP contribution >= 0.6 is 20.0 Å². The first-order valence-corrected chi connectivity index (χ1v) is 23.9. The van der Waals surface area contributed by atoms with E-state index in [-0.39, 0.29) is 51.1 Å². The predicted molar refractivity (Wildman–Crippen MR) is 288 cm³/mol. The van der Waals surface area contributed by atoms with Crippen molar-refractivity contribution in [3.8, 4) is 23.0 Å². The average Bonchev–Trinajstić information content (AvgIpc) is 3.38. The van der Waals surface area contributed by atoms with Gasteiger partial charge in [0.25, 0.3) is 0 Å². The summed E-state index contributed by atoms with van der Waals surface area (Å²) in [4.78, 5) is 49.9. The van der Waals surface area contributed by atoms with Crippen molar-refractivity contribution in [1.29, 1.82) is 0 Å². The SMILES string of the molecule is CCNCC.CCOP(=O)(CC(=O)O)OCC.CO.Cl.O=C(O)/C=C/C=C/Oc1ccccc1.O=C/C=C/C=C/Oc1ccccc1.O=C/C=C/Oc1ccccc1.O=CCOc1ccccc1.[CH2-]CCC.[Li+]. The molecule has 4 N–H and O–H groups in total. The monoisotopic (exact) mass is 1050 g/mol. The summed E-state index contributed by atoms with van der Waals surface area (Å²) < 4.78 is 41.3. The number of aliphatic hydroxyl groups excluding tert-OH is 1. The number of hydrogen-bond donors (Lipinski definition) is 4. The molecule has 0 aromatic heterocycles. The molecule has 0 atom stereocenters. The smallest absolute Gasteiger partial charge is 0.486 e. The number of aliphatic hydroxyl groups is 1. The number of carboxylic acids is 2. The van der Waals surface area contributed by atoms with Gasteiger partial charge in [-0.1, -0.05) is 112 Å². The summed E-state index contributed by atoms with van der Waals surface area (Å²) in [6.45, 7) is 15.9. The topological polar surface area (TPSA) is 231 Å². The summed E-state index contributed by atoms with van der Waals surface area (Å²) in [5.41, 5.74) is 0. The van der Waals surface area contributed by atoms with E-state index in [2.05, 4.69) is 33.0 Å². The molecule has 0 unspecified atom stereocenters. The van der Waals surface area contributed by atoms with Crippen molar-refractivity contribution in [3.63, 3.8) is 0 Å². The molecule has 0 radical (unpaired) electrons. The van der Waals surface area contributed by atoms with E-state index in [4.69, 9.17) is 43.3 Å². The minimum Gasteiger partial charge on any atom is -0.486 e. The van der Waals surface area contributed by atoms with Crippen LogP contribution in [0.5, 0.6) is 23.0 Å². The number of benzene rings is 4. The molecule has 0 bridgehead atoms. The molecule has 4 rings (SSSR count).